The second-order valence-corrected chi connectivity index (χ2v) is 8.64. The minimum Gasteiger partial charge on any atom is -0.375 e. The predicted molar refractivity (Wildman–Crippen MR) is 131 cm³/mol. The predicted octanol–water partition coefficient (Wildman–Crippen LogP) is 5.20. The van der Waals surface area contributed by atoms with Gasteiger partial charge in [-0.05, 0) is 31.6 Å². The van der Waals surface area contributed by atoms with Crippen molar-refractivity contribution in [2.45, 2.75) is 109 Å². The van der Waals surface area contributed by atoms with E-state index in [1.165, 1.54) is 83.5 Å². The van der Waals surface area contributed by atoms with Crippen LogP contribution in [0.5, 0.6) is 0 Å². The molecule has 0 aromatic carbocycles. The molecule has 0 aromatic heterocycles. The number of hydrogen-bond acceptors (Lipinski definition) is 4. The van der Waals surface area contributed by atoms with Crippen LogP contribution < -0.4 is 16.9 Å². The van der Waals surface area contributed by atoms with Gasteiger partial charge in [-0.2, -0.15) is 0 Å². The van der Waals surface area contributed by atoms with Crippen LogP contribution in [0.2, 0.25) is 0 Å². The van der Waals surface area contributed by atoms with E-state index in [0.29, 0.717) is 6.54 Å². The molecule has 1 rings (SSSR count). The number of nitrogens with two attached hydrogens (primary N) is 2. The van der Waals surface area contributed by atoms with E-state index in [1.807, 2.05) is 5.01 Å². The lowest BCUT2D eigenvalue weighted by Crippen LogP contribution is -2.47. The van der Waals surface area contributed by atoms with Crippen LogP contribution in [0.15, 0.2) is 17.1 Å². The molecule has 0 fully saturated rings. The molecule has 0 saturated heterocycles. The Morgan fingerprint density at radius 1 is 1.03 bits per heavy atom. The van der Waals surface area contributed by atoms with E-state index >= 15 is 0 Å². The van der Waals surface area contributed by atoms with Gasteiger partial charge in [0.2, 0.25) is 0 Å². The van der Waals surface area contributed by atoms with Gasteiger partial charge in [0.1, 0.15) is 5.84 Å². The zero-order valence-electron chi connectivity index (χ0n) is 18.7. The lowest BCUT2D eigenvalue weighted by atomic mass is 10.0. The van der Waals surface area contributed by atoms with Gasteiger partial charge in [0, 0.05) is 6.42 Å². The maximum Gasteiger partial charge on any atom is 0.182 e. The molecule has 1 atom stereocenters. The second-order valence-electron chi connectivity index (χ2n) is 8.20. The Bertz CT molecular complexity index is 478. The van der Waals surface area contributed by atoms with Gasteiger partial charge < -0.3 is 11.5 Å². The highest BCUT2D eigenvalue weighted by Gasteiger charge is 2.22. The lowest BCUT2D eigenvalue weighted by molar-refractivity contribution is 0.392. The van der Waals surface area contributed by atoms with Crippen LogP contribution in [-0.4, -0.2) is 35.1 Å². The van der Waals surface area contributed by atoms with Gasteiger partial charge in [-0.15, -0.1) is 0 Å². The van der Waals surface area contributed by atoms with E-state index in [9.17, 15) is 0 Å². The molecule has 6 heteroatoms. The summed E-state index contributed by atoms with van der Waals surface area (Å²) in [5.41, 5.74) is 14.2. The minimum absolute atomic E-state index is 0.167. The topological polar surface area (TPSA) is 79.7 Å². The monoisotopic (exact) mass is 423 g/mol. The smallest absolute Gasteiger partial charge is 0.182 e. The Labute approximate surface area is 184 Å². The van der Waals surface area contributed by atoms with E-state index in [1.54, 1.807) is 0 Å². The molecule has 0 aliphatic carbocycles. The molecule has 0 aromatic rings. The maximum absolute atomic E-state index is 5.67. The van der Waals surface area contributed by atoms with Gasteiger partial charge in [0.15, 0.2) is 5.11 Å². The van der Waals surface area contributed by atoms with E-state index in [0.717, 1.165) is 25.2 Å². The number of rotatable bonds is 18. The highest BCUT2D eigenvalue weighted by molar-refractivity contribution is 7.80. The third kappa shape index (κ3) is 13.7. The van der Waals surface area contributed by atoms with Crippen LogP contribution >= 0.6 is 12.2 Å². The molecule has 0 saturated carbocycles. The number of allylic oxidation sites excluding steroid dienone is 1. The first-order valence-corrected chi connectivity index (χ1v) is 12.3. The van der Waals surface area contributed by atoms with Crippen LogP contribution in [0.1, 0.15) is 103 Å². The average molecular weight is 424 g/mol. The molecule has 0 amide bonds. The quantitative estimate of drug-likeness (QED) is 0.160. The van der Waals surface area contributed by atoms with E-state index in [2.05, 4.69) is 24.5 Å². The van der Waals surface area contributed by atoms with Crippen molar-refractivity contribution in [3.05, 3.63) is 12.2 Å². The first-order chi connectivity index (χ1) is 14.2. The van der Waals surface area contributed by atoms with Crippen molar-refractivity contribution in [1.82, 2.24) is 10.4 Å². The molecule has 5 N–H and O–H groups in total. The summed E-state index contributed by atoms with van der Waals surface area (Å²) in [4.78, 5) is 4.71. The zero-order chi connectivity index (χ0) is 21.2. The van der Waals surface area contributed by atoms with Crippen molar-refractivity contribution in [3.8, 4) is 0 Å². The molecule has 1 aliphatic heterocycles. The Hall–Kier alpha value is -1.14. The Balaban J connectivity index is 1.98. The average Bonchev–Trinajstić information content (AvgIpc) is 3.06. The van der Waals surface area contributed by atoms with Crippen molar-refractivity contribution in [2.24, 2.45) is 16.5 Å². The number of unbranched alkanes of at least 4 members (excludes halogenated alkanes) is 13. The van der Waals surface area contributed by atoms with Crippen molar-refractivity contribution < 1.29 is 0 Å². The molecular formula is C23H45N5S. The number of nitrogens with one attached hydrogen (secondary N) is 1. The normalized spacial score (nSPS) is 16.6. The maximum atomic E-state index is 5.67. The van der Waals surface area contributed by atoms with Gasteiger partial charge in [-0.3, -0.25) is 15.4 Å². The second kappa shape index (κ2) is 17.7. The zero-order valence-corrected chi connectivity index (χ0v) is 19.5. The summed E-state index contributed by atoms with van der Waals surface area (Å²) in [6.45, 7) is 3.62. The largest absolute Gasteiger partial charge is 0.375 e. The van der Waals surface area contributed by atoms with Crippen LogP contribution in [0, 0.1) is 0 Å². The number of hydrogen-bond donors (Lipinski definition) is 3. The van der Waals surface area contributed by atoms with Gasteiger partial charge in [0.25, 0.3) is 0 Å². The third-order valence-corrected chi connectivity index (χ3v) is 5.53. The summed E-state index contributed by atoms with van der Waals surface area (Å²) < 4.78 is 0. The fourth-order valence-corrected chi connectivity index (χ4v) is 3.91. The van der Waals surface area contributed by atoms with E-state index in [4.69, 9.17) is 28.7 Å². The van der Waals surface area contributed by atoms with Crippen molar-refractivity contribution in [2.75, 3.05) is 13.1 Å². The number of thiocarbonyl (C=S) groups is 1. The third-order valence-electron chi connectivity index (χ3n) is 5.44. The summed E-state index contributed by atoms with van der Waals surface area (Å²) in [6, 6.07) is 0.167. The summed E-state index contributed by atoms with van der Waals surface area (Å²) in [5, 5.41) is 2.20. The molecule has 1 unspecified atom stereocenters. The molecule has 0 radical (unpaired) electrons. The number of nitrogens with zero attached hydrogens (tertiary/aromatic N) is 2. The Morgan fingerprint density at radius 2 is 1.59 bits per heavy atom. The summed E-state index contributed by atoms with van der Waals surface area (Å²) in [6.07, 6.45) is 24.5. The number of amidine groups is 1. The Morgan fingerprint density at radius 3 is 2.10 bits per heavy atom. The van der Waals surface area contributed by atoms with E-state index < -0.39 is 0 Å². The lowest BCUT2D eigenvalue weighted by Gasteiger charge is -2.21. The minimum atomic E-state index is 0.167. The fraction of sp³-hybridized carbons (Fsp3) is 0.826. The molecule has 0 bridgehead atoms. The van der Waals surface area contributed by atoms with Crippen molar-refractivity contribution >= 4 is 23.2 Å². The van der Waals surface area contributed by atoms with Gasteiger partial charge in [0.05, 0.1) is 12.6 Å². The molecule has 1 aliphatic rings. The van der Waals surface area contributed by atoms with Crippen LogP contribution in [0.3, 0.4) is 0 Å². The van der Waals surface area contributed by atoms with Gasteiger partial charge >= 0.3 is 0 Å². The molecule has 5 nitrogen and oxygen atoms in total. The van der Waals surface area contributed by atoms with Crippen LogP contribution in [0.25, 0.3) is 0 Å². The van der Waals surface area contributed by atoms with Crippen molar-refractivity contribution in [1.29, 1.82) is 0 Å². The fourth-order valence-electron chi connectivity index (χ4n) is 3.80. The van der Waals surface area contributed by atoms with Gasteiger partial charge in [-0.1, -0.05) is 96.1 Å². The van der Waals surface area contributed by atoms with E-state index in [-0.39, 0.29) is 11.2 Å². The molecule has 29 heavy (non-hydrogen) atoms. The summed E-state index contributed by atoms with van der Waals surface area (Å²) in [7, 11) is 0. The molecule has 0 spiro atoms. The highest BCUT2D eigenvalue weighted by Crippen LogP contribution is 2.14. The molecule has 1 heterocycles. The number of aliphatic imine (C=N–C) groups is 1. The summed E-state index contributed by atoms with van der Waals surface area (Å²) in [5.74, 6) is 0.941. The molecule has 168 valence electrons. The van der Waals surface area contributed by atoms with Gasteiger partial charge in [-0.25, -0.2) is 0 Å². The first-order valence-electron chi connectivity index (χ1n) is 11.9. The number of hydrazine groups is 1. The van der Waals surface area contributed by atoms with Crippen molar-refractivity contribution in [3.63, 3.8) is 0 Å². The highest BCUT2D eigenvalue weighted by atomic mass is 32.1. The van der Waals surface area contributed by atoms with Crippen LogP contribution in [-0.2, 0) is 0 Å². The Kier molecular flexibility index (Phi) is 15.8. The standard InChI is InChI=1S/C23H45N5S/c1-2-3-4-5-6-7-8-9-10-11-12-13-14-15-16-17-21-20-28(27-23(25)29)22(26-21)18-19-24/h16-17,21H,2-15,18-20,24H2,1H3,(H3,25,27,29). The SMILES string of the molecule is CCCCCCCCCCCCCCCC=CC1CN(NC(N)=S)C(CCN)=N1. The van der Waals surface area contributed by atoms with Crippen LogP contribution in [0.4, 0.5) is 0 Å². The first kappa shape index (κ1) is 25.9. The molecular weight excluding hydrogens is 378 g/mol. The summed E-state index contributed by atoms with van der Waals surface area (Å²) >= 11 is 4.93.